The van der Waals surface area contributed by atoms with E-state index < -0.39 is 0 Å². The molecular formula is C13H24N4. The molecule has 0 aromatic carbocycles. The van der Waals surface area contributed by atoms with Gasteiger partial charge in [0.25, 0.3) is 0 Å². The molecule has 1 aromatic heterocycles. The number of rotatable bonds is 6. The Kier molecular flexibility index (Phi) is 5.19. The van der Waals surface area contributed by atoms with Crippen LogP contribution in [0.3, 0.4) is 0 Å². The monoisotopic (exact) mass is 236 g/mol. The molecule has 0 radical (unpaired) electrons. The molecule has 0 bridgehead atoms. The van der Waals surface area contributed by atoms with Gasteiger partial charge in [0.2, 0.25) is 0 Å². The van der Waals surface area contributed by atoms with Crippen molar-refractivity contribution in [2.24, 2.45) is 0 Å². The Bertz CT molecular complexity index is 349. The highest BCUT2D eigenvalue weighted by Gasteiger charge is 2.11. The molecule has 17 heavy (non-hydrogen) atoms. The van der Waals surface area contributed by atoms with Crippen LogP contribution < -0.4 is 10.2 Å². The maximum Gasteiger partial charge on any atom is 0.134 e. The van der Waals surface area contributed by atoms with Gasteiger partial charge in [-0.2, -0.15) is 0 Å². The Balaban J connectivity index is 2.94. The highest BCUT2D eigenvalue weighted by Crippen LogP contribution is 2.17. The average molecular weight is 236 g/mol. The maximum absolute atomic E-state index is 4.51. The van der Waals surface area contributed by atoms with Crippen molar-refractivity contribution in [3.63, 3.8) is 0 Å². The third-order valence-electron chi connectivity index (χ3n) is 2.64. The van der Waals surface area contributed by atoms with Crippen LogP contribution in [-0.4, -0.2) is 29.1 Å². The van der Waals surface area contributed by atoms with E-state index in [1.165, 1.54) is 0 Å². The van der Waals surface area contributed by atoms with Gasteiger partial charge in [-0.3, -0.25) is 0 Å². The zero-order valence-corrected chi connectivity index (χ0v) is 11.6. The second kappa shape index (κ2) is 6.42. The molecule has 0 aliphatic rings. The van der Waals surface area contributed by atoms with Gasteiger partial charge in [0.05, 0.1) is 0 Å². The molecule has 0 amide bonds. The fraction of sp³-hybridized carbons (Fsp3) is 0.692. The van der Waals surface area contributed by atoms with Crippen molar-refractivity contribution < 1.29 is 0 Å². The molecule has 96 valence electrons. The molecule has 0 aliphatic carbocycles. The van der Waals surface area contributed by atoms with E-state index in [0.29, 0.717) is 6.04 Å². The summed E-state index contributed by atoms with van der Waals surface area (Å²) in [5.74, 6) is 2.75. The van der Waals surface area contributed by atoms with Gasteiger partial charge in [0, 0.05) is 25.2 Å². The number of nitrogens with one attached hydrogen (secondary N) is 1. The molecule has 0 fully saturated rings. The standard InChI is InChI=1S/C13H24N4/c1-6-8-14-12-9-13(16-11(5)15-12)17(7-2)10(3)4/h9-10H,6-8H2,1-5H3,(H,14,15,16). The lowest BCUT2D eigenvalue weighted by atomic mass is 10.3. The number of aryl methyl sites for hydroxylation is 1. The third kappa shape index (κ3) is 3.88. The van der Waals surface area contributed by atoms with Crippen molar-refractivity contribution in [3.05, 3.63) is 11.9 Å². The van der Waals surface area contributed by atoms with Crippen LogP contribution in [0.2, 0.25) is 0 Å². The normalized spacial score (nSPS) is 10.7. The fourth-order valence-electron chi connectivity index (χ4n) is 1.83. The van der Waals surface area contributed by atoms with Crippen LogP contribution in [0.5, 0.6) is 0 Å². The van der Waals surface area contributed by atoms with Gasteiger partial charge in [-0.25, -0.2) is 9.97 Å². The van der Waals surface area contributed by atoms with Gasteiger partial charge in [-0.1, -0.05) is 6.92 Å². The van der Waals surface area contributed by atoms with Crippen molar-refractivity contribution in [2.75, 3.05) is 23.3 Å². The molecule has 4 nitrogen and oxygen atoms in total. The molecule has 1 heterocycles. The fourth-order valence-corrected chi connectivity index (χ4v) is 1.83. The van der Waals surface area contributed by atoms with Gasteiger partial charge in [0.1, 0.15) is 17.5 Å². The number of aromatic nitrogens is 2. The van der Waals surface area contributed by atoms with E-state index in [4.69, 9.17) is 0 Å². The van der Waals surface area contributed by atoms with Crippen LogP contribution in [0.25, 0.3) is 0 Å². The first-order chi connectivity index (χ1) is 8.08. The first kappa shape index (κ1) is 13.7. The summed E-state index contributed by atoms with van der Waals surface area (Å²) in [5, 5.41) is 3.32. The van der Waals surface area contributed by atoms with E-state index in [1.807, 2.05) is 13.0 Å². The Morgan fingerprint density at radius 1 is 1.29 bits per heavy atom. The predicted molar refractivity (Wildman–Crippen MR) is 73.7 cm³/mol. The summed E-state index contributed by atoms with van der Waals surface area (Å²) in [4.78, 5) is 11.2. The van der Waals surface area contributed by atoms with Crippen molar-refractivity contribution in [2.45, 2.75) is 47.1 Å². The molecule has 0 spiro atoms. The van der Waals surface area contributed by atoms with Crippen LogP contribution in [0.1, 0.15) is 39.9 Å². The minimum absolute atomic E-state index is 0.452. The Hall–Kier alpha value is -1.32. The summed E-state index contributed by atoms with van der Waals surface area (Å²) in [6.07, 6.45) is 1.10. The maximum atomic E-state index is 4.51. The van der Waals surface area contributed by atoms with Crippen molar-refractivity contribution in [3.8, 4) is 0 Å². The van der Waals surface area contributed by atoms with E-state index >= 15 is 0 Å². The quantitative estimate of drug-likeness (QED) is 0.824. The van der Waals surface area contributed by atoms with E-state index in [-0.39, 0.29) is 0 Å². The lowest BCUT2D eigenvalue weighted by Gasteiger charge is -2.26. The molecule has 0 unspecified atom stereocenters. The second-order valence-electron chi connectivity index (χ2n) is 4.47. The Morgan fingerprint density at radius 3 is 2.53 bits per heavy atom. The van der Waals surface area contributed by atoms with Crippen LogP contribution in [0.4, 0.5) is 11.6 Å². The summed E-state index contributed by atoms with van der Waals surface area (Å²) in [7, 11) is 0. The molecule has 0 aliphatic heterocycles. The molecule has 1 rings (SSSR count). The molecule has 1 N–H and O–H groups in total. The zero-order chi connectivity index (χ0) is 12.8. The summed E-state index contributed by atoms with van der Waals surface area (Å²) >= 11 is 0. The minimum Gasteiger partial charge on any atom is -0.370 e. The third-order valence-corrected chi connectivity index (χ3v) is 2.64. The van der Waals surface area contributed by atoms with E-state index in [1.54, 1.807) is 0 Å². The van der Waals surface area contributed by atoms with Crippen LogP contribution in [0.15, 0.2) is 6.07 Å². The highest BCUT2D eigenvalue weighted by atomic mass is 15.2. The van der Waals surface area contributed by atoms with Gasteiger partial charge in [-0.15, -0.1) is 0 Å². The highest BCUT2D eigenvalue weighted by molar-refractivity contribution is 5.49. The van der Waals surface area contributed by atoms with Crippen molar-refractivity contribution in [1.82, 2.24) is 9.97 Å². The van der Waals surface area contributed by atoms with E-state index in [2.05, 4.69) is 47.9 Å². The molecule has 0 saturated heterocycles. The van der Waals surface area contributed by atoms with Gasteiger partial charge >= 0.3 is 0 Å². The number of hydrogen-bond acceptors (Lipinski definition) is 4. The molecule has 0 atom stereocenters. The summed E-state index contributed by atoms with van der Waals surface area (Å²) in [5.41, 5.74) is 0. The first-order valence-electron chi connectivity index (χ1n) is 6.44. The van der Waals surface area contributed by atoms with Gasteiger partial charge < -0.3 is 10.2 Å². The summed E-state index contributed by atoms with van der Waals surface area (Å²) < 4.78 is 0. The second-order valence-corrected chi connectivity index (χ2v) is 4.47. The zero-order valence-electron chi connectivity index (χ0n) is 11.6. The smallest absolute Gasteiger partial charge is 0.134 e. The molecule has 4 heteroatoms. The van der Waals surface area contributed by atoms with Crippen LogP contribution in [-0.2, 0) is 0 Å². The lowest BCUT2D eigenvalue weighted by Crippen LogP contribution is -2.31. The Morgan fingerprint density at radius 2 is 2.00 bits per heavy atom. The molecular weight excluding hydrogens is 212 g/mol. The number of anilines is 2. The van der Waals surface area contributed by atoms with Gasteiger partial charge in [0.15, 0.2) is 0 Å². The topological polar surface area (TPSA) is 41.0 Å². The summed E-state index contributed by atoms with van der Waals surface area (Å²) in [6.45, 7) is 12.5. The number of hydrogen-bond donors (Lipinski definition) is 1. The SMILES string of the molecule is CCCNc1cc(N(CC)C(C)C)nc(C)n1. The van der Waals surface area contributed by atoms with Crippen LogP contribution in [0, 0.1) is 6.92 Å². The van der Waals surface area contributed by atoms with Gasteiger partial charge in [-0.05, 0) is 34.1 Å². The number of nitrogens with zero attached hydrogens (tertiary/aromatic N) is 3. The van der Waals surface area contributed by atoms with Crippen molar-refractivity contribution in [1.29, 1.82) is 0 Å². The first-order valence-corrected chi connectivity index (χ1v) is 6.44. The van der Waals surface area contributed by atoms with E-state index in [0.717, 1.165) is 37.0 Å². The predicted octanol–water partition coefficient (Wildman–Crippen LogP) is 2.84. The van der Waals surface area contributed by atoms with Crippen LogP contribution >= 0.6 is 0 Å². The minimum atomic E-state index is 0.452. The largest absolute Gasteiger partial charge is 0.370 e. The summed E-state index contributed by atoms with van der Waals surface area (Å²) in [6, 6.07) is 2.49. The van der Waals surface area contributed by atoms with Crippen molar-refractivity contribution >= 4 is 11.6 Å². The Labute approximate surface area is 104 Å². The average Bonchev–Trinajstić information content (AvgIpc) is 2.26. The molecule has 0 saturated carbocycles. The molecule has 1 aromatic rings. The lowest BCUT2D eigenvalue weighted by molar-refractivity contribution is 0.690. The van der Waals surface area contributed by atoms with E-state index in [9.17, 15) is 0 Å².